The summed E-state index contributed by atoms with van der Waals surface area (Å²) in [5.41, 5.74) is 0. The van der Waals surface area contributed by atoms with E-state index in [1.807, 2.05) is 6.92 Å². The highest BCUT2D eigenvalue weighted by molar-refractivity contribution is 7.65. The van der Waals surface area contributed by atoms with Gasteiger partial charge in [-0.2, -0.15) is 4.39 Å². The molecule has 1 rings (SSSR count). The third-order valence-corrected chi connectivity index (χ3v) is 7.44. The standard InChI is InChI=1S/C19H29F4P/c1-3-5-7-8-9-10-11-13-24(12-6-4-2)16-14-15(20)17(21)19(23)18(16)22/h14H,3-13H2,1-2H3/p+1. The zero-order chi connectivity index (χ0) is 17.9. The van der Waals surface area contributed by atoms with Gasteiger partial charge in [0.15, 0.2) is 11.6 Å². The van der Waals surface area contributed by atoms with E-state index in [1.165, 1.54) is 25.7 Å². The Labute approximate surface area is 144 Å². The van der Waals surface area contributed by atoms with E-state index in [9.17, 15) is 17.6 Å². The van der Waals surface area contributed by atoms with Gasteiger partial charge in [0, 0.05) is 14.0 Å². The predicted octanol–water partition coefficient (Wildman–Crippen LogP) is 6.63. The fraction of sp³-hybridized carbons (Fsp3) is 0.684. The molecule has 1 aromatic rings. The average Bonchev–Trinajstić information content (AvgIpc) is 2.58. The second-order valence-electron chi connectivity index (χ2n) is 6.43. The molecule has 0 bridgehead atoms. The first-order valence-electron chi connectivity index (χ1n) is 9.20. The molecule has 0 N–H and O–H groups in total. The summed E-state index contributed by atoms with van der Waals surface area (Å²) in [5.74, 6) is -5.82. The molecule has 0 nitrogen and oxygen atoms in total. The summed E-state index contributed by atoms with van der Waals surface area (Å²) in [7, 11) is -1.39. The summed E-state index contributed by atoms with van der Waals surface area (Å²) >= 11 is 0. The molecule has 138 valence electrons. The Morgan fingerprint density at radius 3 is 1.83 bits per heavy atom. The Morgan fingerprint density at radius 1 is 0.667 bits per heavy atom. The topological polar surface area (TPSA) is 0 Å². The smallest absolute Gasteiger partial charge is 0.203 e. The summed E-state index contributed by atoms with van der Waals surface area (Å²) < 4.78 is 54.3. The Morgan fingerprint density at radius 2 is 1.21 bits per heavy atom. The fourth-order valence-electron chi connectivity index (χ4n) is 2.91. The monoisotopic (exact) mass is 365 g/mol. The van der Waals surface area contributed by atoms with Crippen molar-refractivity contribution in [3.63, 3.8) is 0 Å². The summed E-state index contributed by atoms with van der Waals surface area (Å²) in [5, 5.41) is 0.0934. The van der Waals surface area contributed by atoms with E-state index in [2.05, 4.69) is 6.92 Å². The van der Waals surface area contributed by atoms with Crippen LogP contribution in [0.5, 0.6) is 0 Å². The van der Waals surface area contributed by atoms with Crippen molar-refractivity contribution in [1.82, 2.24) is 0 Å². The molecular formula is C19H30F4P+. The van der Waals surface area contributed by atoms with Gasteiger partial charge in [-0.1, -0.05) is 52.4 Å². The average molecular weight is 365 g/mol. The lowest BCUT2D eigenvalue weighted by molar-refractivity contribution is 0.412. The van der Waals surface area contributed by atoms with Crippen molar-refractivity contribution in [2.45, 2.75) is 71.6 Å². The Kier molecular flexibility index (Phi) is 10.6. The lowest BCUT2D eigenvalue weighted by atomic mass is 10.1. The molecule has 0 heterocycles. The first-order chi connectivity index (χ1) is 11.5. The summed E-state index contributed by atoms with van der Waals surface area (Å²) in [6, 6.07) is 0.888. The van der Waals surface area contributed by atoms with Gasteiger partial charge in [0.05, 0.1) is 12.3 Å². The van der Waals surface area contributed by atoms with Crippen LogP contribution in [-0.2, 0) is 0 Å². The van der Waals surface area contributed by atoms with Crippen molar-refractivity contribution < 1.29 is 17.6 Å². The maximum Gasteiger partial charge on any atom is 0.203 e. The van der Waals surface area contributed by atoms with Crippen LogP contribution < -0.4 is 5.30 Å². The zero-order valence-corrected chi connectivity index (χ0v) is 15.9. The molecule has 0 radical (unpaired) electrons. The van der Waals surface area contributed by atoms with Crippen LogP contribution in [0.25, 0.3) is 0 Å². The molecule has 24 heavy (non-hydrogen) atoms. The lowest BCUT2D eigenvalue weighted by Crippen LogP contribution is -2.16. The van der Waals surface area contributed by atoms with E-state index in [0.29, 0.717) is 0 Å². The van der Waals surface area contributed by atoms with Crippen LogP contribution in [0.15, 0.2) is 6.07 Å². The van der Waals surface area contributed by atoms with Crippen LogP contribution in [0.1, 0.15) is 71.6 Å². The highest BCUT2D eigenvalue weighted by atomic mass is 31.1. The summed E-state index contributed by atoms with van der Waals surface area (Å²) in [6.45, 7) is 4.22. The van der Waals surface area contributed by atoms with Crippen LogP contribution in [0.4, 0.5) is 17.6 Å². The minimum atomic E-state index is -1.70. The maximum atomic E-state index is 14.1. The van der Waals surface area contributed by atoms with E-state index in [4.69, 9.17) is 0 Å². The Bertz CT molecular complexity index is 491. The van der Waals surface area contributed by atoms with Gasteiger partial charge < -0.3 is 0 Å². The van der Waals surface area contributed by atoms with Crippen LogP contribution in [0, 0.1) is 23.3 Å². The predicted molar refractivity (Wildman–Crippen MR) is 96.9 cm³/mol. The van der Waals surface area contributed by atoms with Gasteiger partial charge in [-0.3, -0.25) is 0 Å². The first kappa shape index (κ1) is 21.4. The van der Waals surface area contributed by atoms with Gasteiger partial charge >= 0.3 is 0 Å². The van der Waals surface area contributed by atoms with E-state index in [-0.39, 0.29) is 5.30 Å². The van der Waals surface area contributed by atoms with Crippen molar-refractivity contribution in [3.8, 4) is 0 Å². The van der Waals surface area contributed by atoms with Crippen LogP contribution in [0.3, 0.4) is 0 Å². The minimum absolute atomic E-state index is 0.0934. The summed E-state index contributed by atoms with van der Waals surface area (Å²) in [4.78, 5) is 0. The van der Waals surface area contributed by atoms with Gasteiger partial charge in [-0.15, -0.1) is 0 Å². The van der Waals surface area contributed by atoms with Crippen molar-refractivity contribution in [3.05, 3.63) is 29.3 Å². The fourth-order valence-corrected chi connectivity index (χ4v) is 5.91. The molecule has 0 aliphatic heterocycles. The molecule has 0 saturated carbocycles. The van der Waals surface area contributed by atoms with Crippen molar-refractivity contribution in [1.29, 1.82) is 0 Å². The SMILES string of the molecule is CCCCCCCCC[PH+](CCCC)c1cc(F)c(F)c(F)c1F. The molecule has 0 amide bonds. The lowest BCUT2D eigenvalue weighted by Gasteiger charge is -2.12. The summed E-state index contributed by atoms with van der Waals surface area (Å²) in [6.07, 6.45) is 11.5. The molecule has 0 aromatic heterocycles. The second kappa shape index (κ2) is 11.8. The number of halogens is 4. The van der Waals surface area contributed by atoms with Gasteiger partial charge in [0.1, 0.15) is 5.30 Å². The molecule has 1 unspecified atom stereocenters. The number of hydrogen-bond acceptors (Lipinski definition) is 0. The molecule has 0 fully saturated rings. The zero-order valence-electron chi connectivity index (χ0n) is 14.9. The van der Waals surface area contributed by atoms with Crippen LogP contribution in [0.2, 0.25) is 0 Å². The number of unbranched alkanes of at least 4 members (excludes halogenated alkanes) is 7. The molecule has 5 heteroatoms. The van der Waals surface area contributed by atoms with E-state index >= 15 is 0 Å². The Balaban J connectivity index is 2.65. The molecule has 1 aromatic carbocycles. The number of hydrogen-bond donors (Lipinski definition) is 0. The van der Waals surface area contributed by atoms with Crippen molar-refractivity contribution in [2.24, 2.45) is 0 Å². The number of benzene rings is 1. The van der Waals surface area contributed by atoms with Crippen molar-refractivity contribution >= 4 is 13.2 Å². The van der Waals surface area contributed by atoms with E-state index in [1.54, 1.807) is 0 Å². The molecule has 0 aliphatic rings. The van der Waals surface area contributed by atoms with Gasteiger partial charge in [0.2, 0.25) is 11.6 Å². The third kappa shape index (κ3) is 6.70. The van der Waals surface area contributed by atoms with Gasteiger partial charge in [0.25, 0.3) is 0 Å². The highest BCUT2D eigenvalue weighted by Gasteiger charge is 2.29. The number of rotatable bonds is 12. The van der Waals surface area contributed by atoms with Crippen LogP contribution in [-0.4, -0.2) is 12.3 Å². The molecule has 0 saturated heterocycles. The van der Waals surface area contributed by atoms with Gasteiger partial charge in [-0.05, 0) is 19.3 Å². The molecule has 0 spiro atoms. The highest BCUT2D eigenvalue weighted by Crippen LogP contribution is 2.39. The third-order valence-electron chi connectivity index (χ3n) is 4.40. The maximum absolute atomic E-state index is 14.1. The Hall–Kier alpha value is -0.630. The van der Waals surface area contributed by atoms with E-state index < -0.39 is 31.2 Å². The first-order valence-corrected chi connectivity index (χ1v) is 11.1. The van der Waals surface area contributed by atoms with Crippen molar-refractivity contribution in [2.75, 3.05) is 12.3 Å². The molecule has 0 aliphatic carbocycles. The van der Waals surface area contributed by atoms with Gasteiger partial charge in [-0.25, -0.2) is 13.2 Å². The molecular weight excluding hydrogens is 335 g/mol. The largest absolute Gasteiger partial charge is 0.203 e. The second-order valence-corrected chi connectivity index (χ2v) is 9.17. The van der Waals surface area contributed by atoms with E-state index in [0.717, 1.165) is 50.5 Å². The molecule has 1 atom stereocenters. The minimum Gasteiger partial charge on any atom is -0.203 e. The normalized spacial score (nSPS) is 12.6. The van der Waals surface area contributed by atoms with Crippen LogP contribution >= 0.6 is 7.92 Å². The quantitative estimate of drug-likeness (QED) is 0.128.